The minimum atomic E-state index is -0.253. The fraction of sp³-hybridized carbons (Fsp3) is 0.385. The molecular weight excluding hydrogens is 248 g/mol. The minimum absolute atomic E-state index is 0.239. The van der Waals surface area contributed by atoms with Crippen LogP contribution in [0.3, 0.4) is 0 Å². The average molecular weight is 264 g/mol. The van der Waals surface area contributed by atoms with Crippen molar-refractivity contribution in [3.05, 3.63) is 23.2 Å². The molecular formula is C13H16N2O4. The number of carbonyl (C=O) groups is 1. The third kappa shape index (κ3) is 3.82. The lowest BCUT2D eigenvalue weighted by atomic mass is 10.1. The maximum Gasteiger partial charge on any atom is 0.323 e. The minimum Gasteiger partial charge on any atom is -0.493 e. The van der Waals surface area contributed by atoms with Gasteiger partial charge in [0.2, 0.25) is 11.5 Å². The number of Topliss-reactive ketones (excluding diaryl/α,β-unsaturated/α-hetero) is 1. The Kier molecular flexibility index (Phi) is 5.57. The van der Waals surface area contributed by atoms with Crippen LogP contribution in [0.2, 0.25) is 0 Å². The highest BCUT2D eigenvalue weighted by atomic mass is 16.5. The summed E-state index contributed by atoms with van der Waals surface area (Å²) in [5.74, 6) is 1.34. The Morgan fingerprint density at radius 2 is 1.79 bits per heavy atom. The molecule has 0 radical (unpaired) electrons. The number of rotatable bonds is 7. The van der Waals surface area contributed by atoms with Gasteiger partial charge in [-0.2, -0.15) is 4.79 Å². The van der Waals surface area contributed by atoms with Crippen molar-refractivity contribution < 1.29 is 23.8 Å². The number of ether oxygens (including phenoxy) is 3. The van der Waals surface area contributed by atoms with E-state index in [2.05, 4.69) is 4.79 Å². The molecule has 102 valence electrons. The maximum absolute atomic E-state index is 11.3. The van der Waals surface area contributed by atoms with Crippen molar-refractivity contribution in [3.63, 3.8) is 0 Å². The predicted molar refractivity (Wildman–Crippen MR) is 69.1 cm³/mol. The summed E-state index contributed by atoms with van der Waals surface area (Å²) in [4.78, 5) is 14.0. The Hall–Kier alpha value is -2.33. The van der Waals surface area contributed by atoms with Crippen LogP contribution in [0.5, 0.6) is 17.2 Å². The van der Waals surface area contributed by atoms with E-state index >= 15 is 0 Å². The molecule has 0 aliphatic rings. The lowest BCUT2D eigenvalue weighted by Gasteiger charge is -2.13. The van der Waals surface area contributed by atoms with Gasteiger partial charge < -0.3 is 19.7 Å². The standard InChI is InChI=1S/C13H16N2O4/c1-17-11-6-9(4-5-10(16)8-15-14)7-12(18-2)13(11)19-3/h6-8H,4-5H2,1-3H3. The van der Waals surface area contributed by atoms with Crippen molar-refractivity contribution in [2.75, 3.05) is 21.3 Å². The van der Waals surface area contributed by atoms with Gasteiger partial charge in [0.1, 0.15) is 0 Å². The van der Waals surface area contributed by atoms with E-state index in [0.717, 1.165) is 11.8 Å². The molecule has 0 N–H and O–H groups in total. The van der Waals surface area contributed by atoms with Gasteiger partial charge in [-0.25, -0.2) is 0 Å². The summed E-state index contributed by atoms with van der Waals surface area (Å²) in [5.41, 5.74) is 9.13. The molecule has 0 aromatic heterocycles. The summed E-state index contributed by atoms with van der Waals surface area (Å²) in [7, 11) is 4.59. The molecule has 0 fully saturated rings. The molecule has 0 aliphatic carbocycles. The molecule has 6 heteroatoms. The molecule has 0 aliphatic heterocycles. The van der Waals surface area contributed by atoms with E-state index in [1.807, 2.05) is 0 Å². The highest BCUT2D eigenvalue weighted by Crippen LogP contribution is 2.38. The molecule has 0 saturated heterocycles. The molecule has 0 bridgehead atoms. The van der Waals surface area contributed by atoms with Crippen LogP contribution in [-0.4, -0.2) is 38.1 Å². The second kappa shape index (κ2) is 7.18. The van der Waals surface area contributed by atoms with Crippen molar-refractivity contribution in [1.82, 2.24) is 0 Å². The van der Waals surface area contributed by atoms with Gasteiger partial charge in [-0.1, -0.05) is 0 Å². The van der Waals surface area contributed by atoms with Crippen LogP contribution in [0.15, 0.2) is 12.1 Å². The van der Waals surface area contributed by atoms with E-state index in [1.54, 1.807) is 12.1 Å². The quantitative estimate of drug-likeness (QED) is 0.424. The zero-order chi connectivity index (χ0) is 14.3. The van der Waals surface area contributed by atoms with Gasteiger partial charge in [-0.15, -0.1) is 0 Å². The summed E-state index contributed by atoms with van der Waals surface area (Å²) >= 11 is 0. The van der Waals surface area contributed by atoms with Gasteiger partial charge >= 0.3 is 6.21 Å². The van der Waals surface area contributed by atoms with Gasteiger partial charge in [0.15, 0.2) is 11.5 Å². The summed E-state index contributed by atoms with van der Waals surface area (Å²) in [6.45, 7) is 0. The number of nitrogens with zero attached hydrogens (tertiary/aromatic N) is 2. The zero-order valence-corrected chi connectivity index (χ0v) is 11.2. The van der Waals surface area contributed by atoms with Gasteiger partial charge in [-0.05, 0) is 24.1 Å². The molecule has 1 aromatic rings. The predicted octanol–water partition coefficient (Wildman–Crippen LogP) is 1.51. The van der Waals surface area contributed by atoms with Crippen LogP contribution in [0.1, 0.15) is 12.0 Å². The lowest BCUT2D eigenvalue weighted by Crippen LogP contribution is -2.03. The van der Waals surface area contributed by atoms with Gasteiger partial charge in [-0.3, -0.25) is 4.79 Å². The molecule has 0 amide bonds. The van der Waals surface area contributed by atoms with Crippen molar-refractivity contribution in [1.29, 1.82) is 0 Å². The summed E-state index contributed by atoms with van der Waals surface area (Å²) in [6.07, 6.45) is 1.61. The highest BCUT2D eigenvalue weighted by Gasteiger charge is 2.14. The first kappa shape index (κ1) is 14.7. The lowest BCUT2D eigenvalue weighted by molar-refractivity contribution is -0.116. The Labute approximate surface area is 111 Å². The van der Waals surface area contributed by atoms with Gasteiger partial charge in [0.25, 0.3) is 0 Å². The van der Waals surface area contributed by atoms with Crippen molar-refractivity contribution in [2.45, 2.75) is 12.8 Å². The molecule has 6 nitrogen and oxygen atoms in total. The Balaban J connectivity index is 2.96. The van der Waals surface area contributed by atoms with Crippen LogP contribution in [0, 0.1) is 0 Å². The normalized spacial score (nSPS) is 9.42. The first-order valence-corrected chi connectivity index (χ1v) is 5.65. The fourth-order valence-electron chi connectivity index (χ4n) is 1.68. The molecule has 0 unspecified atom stereocenters. The smallest absolute Gasteiger partial charge is 0.323 e. The van der Waals surface area contributed by atoms with E-state index in [0.29, 0.717) is 23.7 Å². The Morgan fingerprint density at radius 1 is 1.21 bits per heavy atom. The number of hydrogen-bond donors (Lipinski definition) is 0. The molecule has 1 aromatic carbocycles. The van der Waals surface area contributed by atoms with Crippen LogP contribution in [0.25, 0.3) is 5.53 Å². The molecule has 0 atom stereocenters. The number of ketones is 1. The third-order valence-corrected chi connectivity index (χ3v) is 2.59. The maximum atomic E-state index is 11.3. The van der Waals surface area contributed by atoms with Crippen molar-refractivity contribution in [2.24, 2.45) is 0 Å². The molecule has 0 saturated carbocycles. The second-order valence-electron chi connectivity index (χ2n) is 3.74. The molecule has 1 rings (SSSR count). The fourth-order valence-corrected chi connectivity index (χ4v) is 1.68. The topological polar surface area (TPSA) is 81.2 Å². The second-order valence-corrected chi connectivity index (χ2v) is 3.74. The van der Waals surface area contributed by atoms with Crippen LogP contribution in [-0.2, 0) is 11.2 Å². The zero-order valence-electron chi connectivity index (χ0n) is 11.2. The third-order valence-electron chi connectivity index (χ3n) is 2.59. The van der Waals surface area contributed by atoms with Crippen LogP contribution >= 0.6 is 0 Å². The largest absolute Gasteiger partial charge is 0.493 e. The number of benzene rings is 1. The monoisotopic (exact) mass is 264 g/mol. The van der Waals surface area contributed by atoms with Gasteiger partial charge in [0, 0.05) is 6.42 Å². The van der Waals surface area contributed by atoms with E-state index < -0.39 is 0 Å². The summed E-state index contributed by atoms with van der Waals surface area (Å²) in [5, 5.41) is 0. The van der Waals surface area contributed by atoms with Gasteiger partial charge in [0.05, 0.1) is 21.3 Å². The van der Waals surface area contributed by atoms with E-state index in [4.69, 9.17) is 19.7 Å². The van der Waals surface area contributed by atoms with E-state index in [-0.39, 0.29) is 12.2 Å². The SMILES string of the molecule is COc1cc(CCC(=O)C=[N+]=[N-])cc(OC)c1OC. The van der Waals surface area contributed by atoms with Crippen LogP contribution in [0.4, 0.5) is 0 Å². The Bertz CT molecular complexity index is 482. The first-order chi connectivity index (χ1) is 9.15. The molecule has 0 heterocycles. The highest BCUT2D eigenvalue weighted by molar-refractivity contribution is 6.25. The van der Waals surface area contributed by atoms with E-state index in [9.17, 15) is 4.79 Å². The van der Waals surface area contributed by atoms with Crippen molar-refractivity contribution >= 4 is 12.0 Å². The molecule has 0 spiro atoms. The first-order valence-electron chi connectivity index (χ1n) is 5.65. The number of hydrogen-bond acceptors (Lipinski definition) is 4. The van der Waals surface area contributed by atoms with Crippen LogP contribution < -0.4 is 14.2 Å². The average Bonchev–Trinajstić information content (AvgIpc) is 2.44. The van der Waals surface area contributed by atoms with Crippen molar-refractivity contribution in [3.8, 4) is 17.2 Å². The van der Waals surface area contributed by atoms with E-state index in [1.165, 1.54) is 21.3 Å². The number of aryl methyl sites for hydroxylation is 1. The molecule has 19 heavy (non-hydrogen) atoms. The Morgan fingerprint density at radius 3 is 2.21 bits per heavy atom. The number of carbonyl (C=O) groups excluding carboxylic acids is 1. The summed E-state index contributed by atoms with van der Waals surface area (Å²) < 4.78 is 15.6. The summed E-state index contributed by atoms with van der Waals surface area (Å²) in [6, 6.07) is 3.56. The number of methoxy groups -OCH3 is 3.